The maximum absolute atomic E-state index is 11.2. The van der Waals surface area contributed by atoms with Crippen LogP contribution in [0.4, 0.5) is 0 Å². The highest BCUT2D eigenvalue weighted by molar-refractivity contribution is 5.75. The highest BCUT2D eigenvalue weighted by atomic mass is 16.4. The topological polar surface area (TPSA) is 128 Å². The Morgan fingerprint density at radius 3 is 3.00 bits per heavy atom. The van der Waals surface area contributed by atoms with E-state index in [1.165, 1.54) is 10.8 Å². The number of β-amino-alcohol motifs (C(OH)–C–C–N with tert-alkyl or cyclic N) is 1. The number of nitrogens with zero attached hydrogens (tertiary/aromatic N) is 3. The van der Waals surface area contributed by atoms with Gasteiger partial charge in [0.25, 0.3) is 0 Å². The summed E-state index contributed by atoms with van der Waals surface area (Å²) in [4.78, 5) is 12.9. The molecule has 0 unspecified atom stereocenters. The number of hydrogen-bond donors (Lipinski definition) is 4. The maximum atomic E-state index is 11.2. The first-order valence-electron chi connectivity index (χ1n) is 6.59. The Hall–Kier alpha value is -2.19. The molecule has 2 atom stereocenters. The standard InChI is InChI=1S/C13H19N5O3/c1-8-9(6-18(16-8)12(15)2-3-14)5-17-7-10(19)4-11(17)13(20)21/h2-3,6,10-11,14,19H,4-5,7,15H2,1H3,(H,20,21)/t10-,11+/m1/s1. The van der Waals surface area contributed by atoms with Crippen LogP contribution in [0.15, 0.2) is 12.3 Å². The van der Waals surface area contributed by atoms with Crippen molar-refractivity contribution in [1.82, 2.24) is 14.7 Å². The van der Waals surface area contributed by atoms with Gasteiger partial charge in [0.05, 0.1) is 11.8 Å². The largest absolute Gasteiger partial charge is 0.480 e. The Morgan fingerprint density at radius 1 is 1.67 bits per heavy atom. The van der Waals surface area contributed by atoms with Crippen molar-refractivity contribution < 1.29 is 15.0 Å². The van der Waals surface area contributed by atoms with Crippen molar-refractivity contribution in [1.29, 1.82) is 5.41 Å². The summed E-state index contributed by atoms with van der Waals surface area (Å²) < 4.78 is 1.46. The molecule has 1 aromatic heterocycles. The SMILES string of the molecule is Cc1nn(C(N)=CC=N)cc1CN1C[C@H](O)C[C@H]1C(=O)O. The molecule has 0 bridgehead atoms. The normalized spacial score (nSPS) is 23.4. The quantitative estimate of drug-likeness (QED) is 0.548. The van der Waals surface area contributed by atoms with Gasteiger partial charge in [-0.2, -0.15) is 5.10 Å². The minimum atomic E-state index is -0.931. The van der Waals surface area contributed by atoms with Gasteiger partial charge < -0.3 is 21.4 Å². The predicted octanol–water partition coefficient (Wildman–Crippen LogP) is -0.382. The molecule has 1 aliphatic rings. The number of carboxylic acids is 1. The molecule has 1 fully saturated rings. The molecule has 1 aliphatic heterocycles. The van der Waals surface area contributed by atoms with Crippen LogP contribution < -0.4 is 5.73 Å². The van der Waals surface area contributed by atoms with E-state index >= 15 is 0 Å². The van der Waals surface area contributed by atoms with Crippen molar-refractivity contribution in [2.75, 3.05) is 6.54 Å². The van der Waals surface area contributed by atoms with Crippen molar-refractivity contribution in [3.8, 4) is 0 Å². The first-order valence-corrected chi connectivity index (χ1v) is 6.59. The molecule has 0 aromatic carbocycles. The van der Waals surface area contributed by atoms with Crippen molar-refractivity contribution in [2.24, 2.45) is 5.73 Å². The Balaban J connectivity index is 2.18. The predicted molar refractivity (Wildman–Crippen MR) is 76.7 cm³/mol. The van der Waals surface area contributed by atoms with E-state index in [-0.39, 0.29) is 6.42 Å². The molecule has 2 rings (SSSR count). The summed E-state index contributed by atoms with van der Waals surface area (Å²) in [6.07, 6.45) is 3.82. The lowest BCUT2D eigenvalue weighted by molar-refractivity contribution is -0.142. The molecule has 114 valence electrons. The Kier molecular flexibility index (Phi) is 4.39. The number of aryl methyl sites for hydroxylation is 1. The van der Waals surface area contributed by atoms with Gasteiger partial charge in [-0.1, -0.05) is 0 Å². The van der Waals surface area contributed by atoms with E-state index in [0.29, 0.717) is 18.9 Å². The zero-order valence-corrected chi connectivity index (χ0v) is 11.7. The number of hydrogen-bond acceptors (Lipinski definition) is 6. The highest BCUT2D eigenvalue weighted by Gasteiger charge is 2.36. The van der Waals surface area contributed by atoms with Gasteiger partial charge in [0.2, 0.25) is 0 Å². The van der Waals surface area contributed by atoms with Gasteiger partial charge in [-0.15, -0.1) is 0 Å². The molecule has 8 heteroatoms. The third-order valence-electron chi connectivity index (χ3n) is 3.56. The van der Waals surface area contributed by atoms with Gasteiger partial charge in [0.15, 0.2) is 0 Å². The summed E-state index contributed by atoms with van der Waals surface area (Å²) >= 11 is 0. The second-order valence-corrected chi connectivity index (χ2v) is 5.12. The summed E-state index contributed by atoms with van der Waals surface area (Å²) in [6, 6.07) is -0.683. The van der Waals surface area contributed by atoms with E-state index in [9.17, 15) is 15.0 Å². The van der Waals surface area contributed by atoms with Gasteiger partial charge in [-0.3, -0.25) is 9.69 Å². The Labute approximate surface area is 122 Å². The fourth-order valence-corrected chi connectivity index (χ4v) is 2.47. The first kappa shape index (κ1) is 15.2. The average Bonchev–Trinajstić information content (AvgIpc) is 2.94. The minimum Gasteiger partial charge on any atom is -0.480 e. The summed E-state index contributed by atoms with van der Waals surface area (Å²) in [7, 11) is 0. The second-order valence-electron chi connectivity index (χ2n) is 5.12. The van der Waals surface area contributed by atoms with Crippen molar-refractivity contribution in [2.45, 2.75) is 32.0 Å². The van der Waals surface area contributed by atoms with Crippen LogP contribution in [-0.2, 0) is 11.3 Å². The van der Waals surface area contributed by atoms with E-state index in [1.54, 1.807) is 11.1 Å². The Bertz CT molecular complexity index is 580. The molecule has 0 saturated carbocycles. The third kappa shape index (κ3) is 3.29. The van der Waals surface area contributed by atoms with E-state index in [2.05, 4.69) is 5.10 Å². The molecule has 5 N–H and O–H groups in total. The minimum absolute atomic E-state index is 0.234. The van der Waals surface area contributed by atoms with Gasteiger partial charge in [-0.25, -0.2) is 4.68 Å². The lowest BCUT2D eigenvalue weighted by Gasteiger charge is -2.20. The van der Waals surface area contributed by atoms with Gasteiger partial charge in [0, 0.05) is 37.5 Å². The summed E-state index contributed by atoms with van der Waals surface area (Å²) in [5.74, 6) is -0.615. The van der Waals surface area contributed by atoms with E-state index < -0.39 is 18.1 Å². The van der Waals surface area contributed by atoms with Crippen molar-refractivity contribution >= 4 is 18.0 Å². The molecule has 0 aliphatic carbocycles. The van der Waals surface area contributed by atoms with Crippen LogP contribution in [0.5, 0.6) is 0 Å². The second kappa shape index (κ2) is 6.06. The summed E-state index contributed by atoms with van der Waals surface area (Å²) in [6.45, 7) is 2.52. The number of nitrogens with one attached hydrogen (secondary N) is 1. The monoisotopic (exact) mass is 293 g/mol. The smallest absolute Gasteiger partial charge is 0.321 e. The molecule has 8 nitrogen and oxygen atoms in total. The summed E-state index contributed by atoms with van der Waals surface area (Å²) in [5.41, 5.74) is 7.34. The van der Waals surface area contributed by atoms with Gasteiger partial charge >= 0.3 is 5.97 Å². The van der Waals surface area contributed by atoms with Crippen LogP contribution >= 0.6 is 0 Å². The van der Waals surface area contributed by atoms with Gasteiger partial charge in [-0.05, 0) is 13.0 Å². The fraction of sp³-hybridized carbons (Fsp3) is 0.462. The molecule has 0 amide bonds. The van der Waals surface area contributed by atoms with Gasteiger partial charge in [0.1, 0.15) is 11.9 Å². The first-order chi connectivity index (χ1) is 9.92. The van der Waals surface area contributed by atoms with Crippen LogP contribution in [0.25, 0.3) is 5.82 Å². The lowest BCUT2D eigenvalue weighted by atomic mass is 10.2. The molecule has 0 spiro atoms. The number of rotatable bonds is 5. The zero-order valence-electron chi connectivity index (χ0n) is 11.7. The van der Waals surface area contributed by atoms with Crippen LogP contribution in [-0.4, -0.2) is 55.8 Å². The summed E-state index contributed by atoms with van der Waals surface area (Å²) in [5, 5.41) is 30.1. The van der Waals surface area contributed by atoms with Crippen LogP contribution in [0, 0.1) is 12.3 Å². The number of aliphatic carboxylic acids is 1. The number of aliphatic hydroxyl groups excluding tert-OH is 1. The molecule has 1 aromatic rings. The number of allylic oxidation sites excluding steroid dienone is 1. The Morgan fingerprint density at radius 2 is 2.38 bits per heavy atom. The molecule has 0 radical (unpaired) electrons. The number of carbonyl (C=O) groups is 1. The lowest BCUT2D eigenvalue weighted by Crippen LogP contribution is -2.35. The number of aromatic nitrogens is 2. The third-order valence-corrected chi connectivity index (χ3v) is 3.56. The number of nitrogens with two attached hydrogens (primary N) is 1. The molecule has 1 saturated heterocycles. The van der Waals surface area contributed by atoms with E-state index in [1.807, 2.05) is 6.92 Å². The number of aliphatic hydroxyl groups is 1. The molecular formula is C13H19N5O3. The van der Waals surface area contributed by atoms with Crippen LogP contribution in [0.1, 0.15) is 17.7 Å². The fourth-order valence-electron chi connectivity index (χ4n) is 2.47. The van der Waals surface area contributed by atoms with Crippen LogP contribution in [0.3, 0.4) is 0 Å². The van der Waals surface area contributed by atoms with Crippen LogP contribution in [0.2, 0.25) is 0 Å². The zero-order chi connectivity index (χ0) is 15.6. The molecule has 21 heavy (non-hydrogen) atoms. The van der Waals surface area contributed by atoms with E-state index in [0.717, 1.165) is 17.5 Å². The average molecular weight is 293 g/mol. The molecular weight excluding hydrogens is 274 g/mol. The number of carboxylic acid groups (broad SMARTS) is 1. The van der Waals surface area contributed by atoms with E-state index in [4.69, 9.17) is 11.1 Å². The maximum Gasteiger partial charge on any atom is 0.321 e. The van der Waals surface area contributed by atoms with Crippen molar-refractivity contribution in [3.63, 3.8) is 0 Å². The number of likely N-dealkylation sites (tertiary alicyclic amines) is 1. The highest BCUT2D eigenvalue weighted by Crippen LogP contribution is 2.22. The van der Waals surface area contributed by atoms with Crippen molar-refractivity contribution in [3.05, 3.63) is 23.5 Å². The molecule has 2 heterocycles.